The van der Waals surface area contributed by atoms with Crippen molar-refractivity contribution in [2.24, 2.45) is 0 Å². The molecule has 7 nitrogen and oxygen atoms in total. The van der Waals surface area contributed by atoms with Crippen molar-refractivity contribution in [2.45, 2.75) is 6.42 Å². The summed E-state index contributed by atoms with van der Waals surface area (Å²) in [6, 6.07) is 16.6. The lowest BCUT2D eigenvalue weighted by molar-refractivity contribution is 0.0986. The highest BCUT2D eigenvalue weighted by molar-refractivity contribution is 6.07. The van der Waals surface area contributed by atoms with E-state index in [0.29, 0.717) is 35.6 Å². The quantitative estimate of drug-likeness (QED) is 0.577. The van der Waals surface area contributed by atoms with Gasteiger partial charge >= 0.3 is 0 Å². The van der Waals surface area contributed by atoms with Crippen molar-refractivity contribution < 1.29 is 4.79 Å². The number of rotatable bonds is 2. The number of carbonyl (C=O) groups is 1. The number of nitrogens with one attached hydrogen (secondary N) is 1. The predicted octanol–water partition coefficient (Wildman–Crippen LogP) is 2.83. The zero-order chi connectivity index (χ0) is 19.8. The van der Waals surface area contributed by atoms with E-state index < -0.39 is 0 Å². The summed E-state index contributed by atoms with van der Waals surface area (Å²) in [5.74, 6) is 0.341. The predicted molar refractivity (Wildman–Crippen MR) is 109 cm³/mol. The van der Waals surface area contributed by atoms with Gasteiger partial charge in [-0.25, -0.2) is 9.67 Å². The molecule has 0 aliphatic carbocycles. The van der Waals surface area contributed by atoms with Crippen molar-refractivity contribution in [3.8, 4) is 16.9 Å². The van der Waals surface area contributed by atoms with E-state index in [1.54, 1.807) is 40.2 Å². The number of pyridine rings is 2. The number of hydrogen-bond acceptors (Lipinski definition) is 4. The standard InChI is InChI=1S/C22H17N5O2/c28-21(15-6-4-11-23-14-15)26-13-10-18-19(17-9-5-12-24-20(17)26)25-27(22(18)29)16-7-2-1-3-8-16/h1-9,11-12,14,25H,10,13H2. The van der Waals surface area contributed by atoms with Crippen LogP contribution in [0.5, 0.6) is 0 Å². The van der Waals surface area contributed by atoms with E-state index in [4.69, 9.17) is 0 Å². The third-order valence-electron chi connectivity index (χ3n) is 5.05. The first kappa shape index (κ1) is 17.1. The van der Waals surface area contributed by atoms with E-state index in [2.05, 4.69) is 15.1 Å². The summed E-state index contributed by atoms with van der Waals surface area (Å²) >= 11 is 0. The minimum absolute atomic E-state index is 0.114. The number of amides is 1. The van der Waals surface area contributed by atoms with Gasteiger partial charge in [-0.15, -0.1) is 0 Å². The second-order valence-corrected chi connectivity index (χ2v) is 6.76. The van der Waals surface area contributed by atoms with Crippen LogP contribution in [-0.2, 0) is 6.42 Å². The molecule has 0 bridgehead atoms. The monoisotopic (exact) mass is 383 g/mol. The molecule has 1 aliphatic rings. The fourth-order valence-corrected chi connectivity index (χ4v) is 3.67. The first-order valence-corrected chi connectivity index (χ1v) is 9.30. The Kier molecular flexibility index (Phi) is 4.05. The number of nitrogens with zero attached hydrogens (tertiary/aromatic N) is 4. The lowest BCUT2D eigenvalue weighted by Crippen LogP contribution is -2.34. The van der Waals surface area contributed by atoms with Crippen LogP contribution >= 0.6 is 0 Å². The van der Waals surface area contributed by atoms with Crippen molar-refractivity contribution in [1.29, 1.82) is 0 Å². The largest absolute Gasteiger partial charge is 0.292 e. The number of aromatic amines is 1. The van der Waals surface area contributed by atoms with E-state index >= 15 is 0 Å². The van der Waals surface area contributed by atoms with Crippen LogP contribution in [0.4, 0.5) is 5.82 Å². The maximum atomic E-state index is 13.1. The SMILES string of the molecule is O=C(c1cccnc1)N1CCc2c([nH]n(-c3ccccc3)c2=O)-c2cccnc21. The van der Waals surface area contributed by atoms with Gasteiger partial charge in [-0.05, 0) is 42.8 Å². The summed E-state index contributed by atoms with van der Waals surface area (Å²) < 4.78 is 1.54. The van der Waals surface area contributed by atoms with Crippen molar-refractivity contribution in [1.82, 2.24) is 19.7 Å². The molecule has 3 aromatic heterocycles. The molecule has 0 spiro atoms. The van der Waals surface area contributed by atoms with E-state index in [1.807, 2.05) is 36.4 Å². The Hall–Kier alpha value is -4.00. The van der Waals surface area contributed by atoms with E-state index in [0.717, 1.165) is 11.3 Å². The number of carbonyl (C=O) groups excluding carboxylic acids is 1. The van der Waals surface area contributed by atoms with Gasteiger partial charge in [0.25, 0.3) is 11.5 Å². The van der Waals surface area contributed by atoms with Gasteiger partial charge in [0.05, 0.1) is 16.9 Å². The Morgan fingerprint density at radius 2 is 1.83 bits per heavy atom. The van der Waals surface area contributed by atoms with Crippen LogP contribution in [0.25, 0.3) is 16.9 Å². The molecular formula is C22H17N5O2. The van der Waals surface area contributed by atoms with Crippen molar-refractivity contribution >= 4 is 11.7 Å². The fourth-order valence-electron chi connectivity index (χ4n) is 3.67. The summed E-state index contributed by atoms with van der Waals surface area (Å²) in [5.41, 5.74) is 3.20. The molecule has 1 aliphatic heterocycles. The number of benzene rings is 1. The van der Waals surface area contributed by atoms with Gasteiger partial charge in [-0.3, -0.25) is 24.6 Å². The first-order chi connectivity index (χ1) is 14.2. The second-order valence-electron chi connectivity index (χ2n) is 6.76. The van der Waals surface area contributed by atoms with Gasteiger partial charge in [-0.2, -0.15) is 0 Å². The minimum Gasteiger partial charge on any atom is -0.292 e. The zero-order valence-electron chi connectivity index (χ0n) is 15.4. The molecule has 29 heavy (non-hydrogen) atoms. The number of para-hydroxylation sites is 1. The molecule has 4 aromatic rings. The summed E-state index contributed by atoms with van der Waals surface area (Å²) in [7, 11) is 0. The smallest absolute Gasteiger partial charge is 0.275 e. The van der Waals surface area contributed by atoms with Gasteiger partial charge in [-0.1, -0.05) is 18.2 Å². The number of hydrogen-bond donors (Lipinski definition) is 1. The second kappa shape index (κ2) is 6.87. The summed E-state index contributed by atoms with van der Waals surface area (Å²) in [4.78, 5) is 36.4. The summed E-state index contributed by atoms with van der Waals surface area (Å²) in [5, 5.41) is 3.23. The maximum absolute atomic E-state index is 13.1. The van der Waals surface area contributed by atoms with Crippen LogP contribution in [-0.4, -0.2) is 32.2 Å². The van der Waals surface area contributed by atoms with E-state index in [-0.39, 0.29) is 11.5 Å². The molecule has 0 radical (unpaired) electrons. The Labute approximate surface area is 166 Å². The van der Waals surface area contributed by atoms with Crippen molar-refractivity contribution in [2.75, 3.05) is 11.4 Å². The van der Waals surface area contributed by atoms with Gasteiger partial charge in [0.15, 0.2) is 0 Å². The normalized spacial score (nSPS) is 12.8. The van der Waals surface area contributed by atoms with E-state index in [9.17, 15) is 9.59 Å². The Morgan fingerprint density at radius 3 is 2.62 bits per heavy atom. The number of H-pyrrole nitrogens is 1. The van der Waals surface area contributed by atoms with E-state index in [1.165, 1.54) is 6.20 Å². The van der Waals surface area contributed by atoms with Gasteiger partial charge in [0.2, 0.25) is 0 Å². The summed E-state index contributed by atoms with van der Waals surface area (Å²) in [6.45, 7) is 0.354. The maximum Gasteiger partial charge on any atom is 0.275 e. The van der Waals surface area contributed by atoms with Crippen LogP contribution in [0, 0.1) is 0 Å². The highest BCUT2D eigenvalue weighted by Gasteiger charge is 2.29. The fraction of sp³-hybridized carbons (Fsp3) is 0.0909. The van der Waals surface area contributed by atoms with Gasteiger partial charge in [0.1, 0.15) is 5.82 Å². The molecule has 142 valence electrons. The highest BCUT2D eigenvalue weighted by atomic mass is 16.2. The molecule has 0 saturated heterocycles. The topological polar surface area (TPSA) is 83.9 Å². The third kappa shape index (κ3) is 2.84. The van der Waals surface area contributed by atoms with Crippen LogP contribution < -0.4 is 10.5 Å². The Balaban J connectivity index is 1.65. The molecule has 7 heteroatoms. The summed E-state index contributed by atoms with van der Waals surface area (Å²) in [6.07, 6.45) is 5.24. The lowest BCUT2D eigenvalue weighted by atomic mass is 10.1. The van der Waals surface area contributed by atoms with Crippen LogP contribution in [0.3, 0.4) is 0 Å². The van der Waals surface area contributed by atoms with Crippen molar-refractivity contribution in [3.05, 3.63) is 94.7 Å². The molecule has 0 unspecified atom stereocenters. The van der Waals surface area contributed by atoms with Crippen LogP contribution in [0.2, 0.25) is 0 Å². The zero-order valence-corrected chi connectivity index (χ0v) is 15.4. The number of fused-ring (bicyclic) bond motifs is 3. The molecule has 1 N–H and O–H groups in total. The lowest BCUT2D eigenvalue weighted by Gasteiger charge is -2.21. The molecule has 0 fully saturated rings. The highest BCUT2D eigenvalue weighted by Crippen LogP contribution is 2.33. The average Bonchev–Trinajstić information content (AvgIpc) is 3.01. The molecule has 5 rings (SSSR count). The Morgan fingerprint density at radius 1 is 1.00 bits per heavy atom. The van der Waals surface area contributed by atoms with Crippen molar-refractivity contribution in [3.63, 3.8) is 0 Å². The third-order valence-corrected chi connectivity index (χ3v) is 5.05. The van der Waals surface area contributed by atoms with Crippen LogP contribution in [0.1, 0.15) is 15.9 Å². The van der Waals surface area contributed by atoms with Gasteiger partial charge in [0, 0.05) is 36.3 Å². The first-order valence-electron chi connectivity index (χ1n) is 9.30. The minimum atomic E-state index is -0.188. The molecular weight excluding hydrogens is 366 g/mol. The van der Waals surface area contributed by atoms with Crippen LogP contribution in [0.15, 0.2) is 78.0 Å². The number of aromatic nitrogens is 4. The molecule has 0 atom stereocenters. The number of anilines is 1. The molecule has 0 saturated carbocycles. The molecule has 1 amide bonds. The van der Waals surface area contributed by atoms with Gasteiger partial charge < -0.3 is 0 Å². The molecule has 4 heterocycles. The molecule has 1 aromatic carbocycles. The Bertz CT molecular complexity index is 1250. The average molecular weight is 383 g/mol.